The van der Waals surface area contributed by atoms with Crippen LogP contribution >= 0.6 is 0 Å². The van der Waals surface area contributed by atoms with E-state index in [0.717, 1.165) is 60.3 Å². The summed E-state index contributed by atoms with van der Waals surface area (Å²) in [5.41, 5.74) is 4.99. The predicted octanol–water partition coefficient (Wildman–Crippen LogP) is 3.40. The molecule has 8 heteroatoms. The van der Waals surface area contributed by atoms with Crippen LogP contribution in [0.2, 0.25) is 0 Å². The number of hydrogen-bond acceptors (Lipinski definition) is 6. The number of aromatic amines is 1. The van der Waals surface area contributed by atoms with Crippen molar-refractivity contribution >= 4 is 17.2 Å². The average molecular weight is 405 g/mol. The molecule has 0 saturated heterocycles. The summed E-state index contributed by atoms with van der Waals surface area (Å²) in [6.07, 6.45) is 6.46. The van der Waals surface area contributed by atoms with Gasteiger partial charge in [-0.25, -0.2) is 9.97 Å². The molecule has 0 saturated carbocycles. The molecule has 0 unspecified atom stereocenters. The fraction of sp³-hybridized carbons (Fsp3) is 0.318. The molecule has 0 aliphatic carbocycles. The fourth-order valence-corrected chi connectivity index (χ4v) is 3.55. The third kappa shape index (κ3) is 4.28. The minimum atomic E-state index is 0.814. The standard InChI is InChI=1S/C22H28N8/c1-16-7-4-5-8-17(16)18-13-21(30-22(28-18)19(23-2)14-27-30)26-9-6-12-29(3)15-20-24-10-11-25-20/h4-5,7-8,10-11,13-14,23,26H,6,9,12,15H2,1-3H3,(H,24,25). The molecular formula is C22H28N8. The second-order valence-corrected chi connectivity index (χ2v) is 7.44. The van der Waals surface area contributed by atoms with Crippen molar-refractivity contribution in [1.82, 2.24) is 29.5 Å². The van der Waals surface area contributed by atoms with Crippen molar-refractivity contribution < 1.29 is 0 Å². The Morgan fingerprint density at radius 3 is 2.87 bits per heavy atom. The maximum atomic E-state index is 4.88. The lowest BCUT2D eigenvalue weighted by Crippen LogP contribution is -2.22. The molecule has 3 aromatic heterocycles. The Labute approximate surface area is 176 Å². The van der Waals surface area contributed by atoms with Gasteiger partial charge in [-0.3, -0.25) is 4.90 Å². The largest absolute Gasteiger partial charge is 0.384 e. The van der Waals surface area contributed by atoms with Crippen LogP contribution in [0, 0.1) is 6.92 Å². The van der Waals surface area contributed by atoms with Crippen molar-refractivity contribution in [3.05, 3.63) is 60.3 Å². The normalized spacial score (nSPS) is 11.3. The second kappa shape index (κ2) is 8.96. The minimum Gasteiger partial charge on any atom is -0.384 e. The molecule has 156 valence electrons. The first-order valence-corrected chi connectivity index (χ1v) is 10.2. The van der Waals surface area contributed by atoms with Crippen LogP contribution in [-0.4, -0.2) is 56.7 Å². The fourth-order valence-electron chi connectivity index (χ4n) is 3.55. The highest BCUT2D eigenvalue weighted by Crippen LogP contribution is 2.27. The Morgan fingerprint density at radius 1 is 1.23 bits per heavy atom. The number of imidazole rings is 1. The molecule has 8 nitrogen and oxygen atoms in total. The third-order valence-electron chi connectivity index (χ3n) is 5.16. The van der Waals surface area contributed by atoms with Crippen molar-refractivity contribution in [2.75, 3.05) is 37.8 Å². The van der Waals surface area contributed by atoms with Crippen LogP contribution in [0.3, 0.4) is 0 Å². The summed E-state index contributed by atoms with van der Waals surface area (Å²) >= 11 is 0. The van der Waals surface area contributed by atoms with Gasteiger partial charge in [0, 0.05) is 37.6 Å². The molecule has 0 bridgehead atoms. The van der Waals surface area contributed by atoms with Gasteiger partial charge in [0.05, 0.1) is 24.1 Å². The van der Waals surface area contributed by atoms with Gasteiger partial charge in [0.2, 0.25) is 0 Å². The Kier molecular flexibility index (Phi) is 5.94. The SMILES string of the molecule is CNc1cnn2c(NCCCN(C)Cc3ncc[nH]3)cc(-c3ccccc3C)nc12. The van der Waals surface area contributed by atoms with E-state index in [2.05, 4.69) is 62.8 Å². The molecule has 4 rings (SSSR count). The van der Waals surface area contributed by atoms with Gasteiger partial charge in [0.15, 0.2) is 5.65 Å². The summed E-state index contributed by atoms with van der Waals surface area (Å²) < 4.78 is 1.86. The van der Waals surface area contributed by atoms with E-state index in [1.165, 1.54) is 5.56 Å². The molecule has 30 heavy (non-hydrogen) atoms. The van der Waals surface area contributed by atoms with Gasteiger partial charge in [0.25, 0.3) is 0 Å². The number of aromatic nitrogens is 5. The van der Waals surface area contributed by atoms with Gasteiger partial charge in [-0.15, -0.1) is 0 Å². The van der Waals surface area contributed by atoms with Gasteiger partial charge < -0.3 is 15.6 Å². The zero-order chi connectivity index (χ0) is 20.9. The Bertz CT molecular complexity index is 1100. The van der Waals surface area contributed by atoms with Crippen LogP contribution in [0.15, 0.2) is 48.9 Å². The van der Waals surface area contributed by atoms with Crippen LogP contribution in [0.5, 0.6) is 0 Å². The summed E-state index contributed by atoms with van der Waals surface area (Å²) in [5.74, 6) is 1.92. The Balaban J connectivity index is 1.50. The average Bonchev–Trinajstić information content (AvgIpc) is 3.40. The van der Waals surface area contributed by atoms with Crippen molar-refractivity contribution in [1.29, 1.82) is 0 Å². The highest BCUT2D eigenvalue weighted by atomic mass is 15.3. The van der Waals surface area contributed by atoms with E-state index in [-0.39, 0.29) is 0 Å². The van der Waals surface area contributed by atoms with Crippen molar-refractivity contribution in [2.45, 2.75) is 19.9 Å². The molecule has 0 aliphatic rings. The maximum Gasteiger partial charge on any atom is 0.181 e. The van der Waals surface area contributed by atoms with Crippen molar-refractivity contribution in [3.63, 3.8) is 0 Å². The summed E-state index contributed by atoms with van der Waals surface area (Å²) in [7, 11) is 4.00. The summed E-state index contributed by atoms with van der Waals surface area (Å²) in [6.45, 7) is 4.73. The predicted molar refractivity (Wildman–Crippen MR) is 121 cm³/mol. The summed E-state index contributed by atoms with van der Waals surface area (Å²) in [4.78, 5) is 14.6. The van der Waals surface area contributed by atoms with E-state index >= 15 is 0 Å². The van der Waals surface area contributed by atoms with E-state index in [0.29, 0.717) is 0 Å². The van der Waals surface area contributed by atoms with Gasteiger partial charge in [-0.1, -0.05) is 24.3 Å². The van der Waals surface area contributed by atoms with Gasteiger partial charge in [-0.2, -0.15) is 9.61 Å². The molecule has 4 aromatic rings. The molecule has 0 fully saturated rings. The lowest BCUT2D eigenvalue weighted by Gasteiger charge is -2.16. The molecule has 1 aromatic carbocycles. The number of benzene rings is 1. The van der Waals surface area contributed by atoms with Gasteiger partial charge in [-0.05, 0) is 32.5 Å². The van der Waals surface area contributed by atoms with Gasteiger partial charge >= 0.3 is 0 Å². The first kappa shape index (κ1) is 19.9. The number of anilines is 2. The monoisotopic (exact) mass is 404 g/mol. The van der Waals surface area contributed by atoms with E-state index in [1.54, 1.807) is 6.20 Å². The Morgan fingerprint density at radius 2 is 2.10 bits per heavy atom. The first-order chi connectivity index (χ1) is 14.7. The van der Waals surface area contributed by atoms with E-state index in [1.807, 2.05) is 36.1 Å². The zero-order valence-electron chi connectivity index (χ0n) is 17.7. The number of nitrogens with one attached hydrogen (secondary N) is 3. The van der Waals surface area contributed by atoms with Gasteiger partial charge in [0.1, 0.15) is 11.6 Å². The van der Waals surface area contributed by atoms with Crippen LogP contribution < -0.4 is 10.6 Å². The maximum absolute atomic E-state index is 4.88. The number of aryl methyl sites for hydroxylation is 1. The van der Waals surface area contributed by atoms with Crippen molar-refractivity contribution in [2.24, 2.45) is 0 Å². The molecule has 0 atom stereocenters. The lowest BCUT2D eigenvalue weighted by molar-refractivity contribution is 0.318. The number of fused-ring (bicyclic) bond motifs is 1. The second-order valence-electron chi connectivity index (χ2n) is 7.44. The third-order valence-corrected chi connectivity index (χ3v) is 5.16. The molecule has 3 N–H and O–H groups in total. The quantitative estimate of drug-likeness (QED) is 0.371. The molecule has 0 aliphatic heterocycles. The smallest absolute Gasteiger partial charge is 0.181 e. The first-order valence-electron chi connectivity index (χ1n) is 10.2. The zero-order valence-corrected chi connectivity index (χ0v) is 17.7. The minimum absolute atomic E-state index is 0.814. The molecular weight excluding hydrogens is 376 g/mol. The lowest BCUT2D eigenvalue weighted by atomic mass is 10.1. The number of rotatable bonds is 9. The molecule has 3 heterocycles. The van der Waals surface area contributed by atoms with Crippen LogP contribution in [0.25, 0.3) is 16.9 Å². The molecule has 0 amide bonds. The highest BCUT2D eigenvalue weighted by molar-refractivity contribution is 5.75. The van der Waals surface area contributed by atoms with Crippen LogP contribution in [-0.2, 0) is 6.54 Å². The molecule has 0 spiro atoms. The number of hydrogen-bond donors (Lipinski definition) is 3. The number of H-pyrrole nitrogens is 1. The number of nitrogens with zero attached hydrogens (tertiary/aromatic N) is 5. The van der Waals surface area contributed by atoms with E-state index in [9.17, 15) is 0 Å². The summed E-state index contributed by atoms with van der Waals surface area (Å²) in [6, 6.07) is 10.4. The van der Waals surface area contributed by atoms with E-state index < -0.39 is 0 Å². The van der Waals surface area contributed by atoms with E-state index in [4.69, 9.17) is 4.98 Å². The van der Waals surface area contributed by atoms with Crippen LogP contribution in [0.4, 0.5) is 11.5 Å². The molecule has 0 radical (unpaired) electrons. The van der Waals surface area contributed by atoms with Crippen LogP contribution in [0.1, 0.15) is 17.8 Å². The van der Waals surface area contributed by atoms with Crippen molar-refractivity contribution in [3.8, 4) is 11.3 Å². The topological polar surface area (TPSA) is 86.2 Å². The highest BCUT2D eigenvalue weighted by Gasteiger charge is 2.13. The summed E-state index contributed by atoms with van der Waals surface area (Å²) in [5, 5.41) is 11.3. The Hall–Kier alpha value is -3.39.